The van der Waals surface area contributed by atoms with Gasteiger partial charge >= 0.3 is 0 Å². The fourth-order valence-corrected chi connectivity index (χ4v) is 2.73. The lowest BCUT2D eigenvalue weighted by atomic mass is 9.84. The largest absolute Gasteiger partial charge is 0.392 e. The third kappa shape index (κ3) is 1.84. The molecule has 0 amide bonds. The van der Waals surface area contributed by atoms with Crippen LogP contribution in [-0.2, 0) is 26.1 Å². The molecule has 0 saturated heterocycles. The summed E-state index contributed by atoms with van der Waals surface area (Å²) in [6.07, 6.45) is 1.84. The zero-order valence-corrected chi connectivity index (χ0v) is 10.2. The molecule has 0 fully saturated rings. The van der Waals surface area contributed by atoms with Crippen LogP contribution in [0, 0.1) is 0 Å². The first-order valence-electron chi connectivity index (χ1n) is 6.24. The quantitative estimate of drug-likeness (QED) is 0.720. The molecule has 2 nitrogen and oxygen atoms in total. The van der Waals surface area contributed by atoms with Crippen molar-refractivity contribution in [3.63, 3.8) is 0 Å². The van der Waals surface area contributed by atoms with Crippen LogP contribution in [0.1, 0.15) is 33.4 Å². The molecule has 0 aliphatic heterocycles. The molecule has 2 heteroatoms. The first kappa shape index (κ1) is 11.5. The third-order valence-electron chi connectivity index (χ3n) is 3.74. The predicted octanol–water partition coefficient (Wildman–Crippen LogP) is 2.17. The van der Waals surface area contributed by atoms with E-state index in [1.54, 1.807) is 0 Å². The van der Waals surface area contributed by atoms with Crippen LogP contribution < -0.4 is 0 Å². The summed E-state index contributed by atoms with van der Waals surface area (Å²) in [5.74, 6) is 0. The molecule has 0 aromatic heterocycles. The van der Waals surface area contributed by atoms with Gasteiger partial charge in [0.1, 0.15) is 0 Å². The van der Waals surface area contributed by atoms with Crippen molar-refractivity contribution in [3.05, 3.63) is 69.8 Å². The van der Waals surface area contributed by atoms with E-state index in [1.807, 2.05) is 12.1 Å². The van der Waals surface area contributed by atoms with Gasteiger partial charge in [0.15, 0.2) is 0 Å². The number of rotatable bonds is 2. The van der Waals surface area contributed by atoms with Gasteiger partial charge in [0.2, 0.25) is 0 Å². The molecule has 2 N–H and O–H groups in total. The fraction of sp³-hybridized carbons (Fsp3) is 0.250. The van der Waals surface area contributed by atoms with Crippen LogP contribution in [0.4, 0.5) is 0 Å². The fourth-order valence-electron chi connectivity index (χ4n) is 2.73. The first-order chi connectivity index (χ1) is 8.81. The van der Waals surface area contributed by atoms with E-state index in [2.05, 4.69) is 24.3 Å². The molecule has 0 atom stereocenters. The van der Waals surface area contributed by atoms with Crippen molar-refractivity contribution in [2.45, 2.75) is 26.1 Å². The van der Waals surface area contributed by atoms with Gasteiger partial charge in [-0.2, -0.15) is 0 Å². The van der Waals surface area contributed by atoms with Gasteiger partial charge in [-0.3, -0.25) is 0 Å². The van der Waals surface area contributed by atoms with Crippen LogP contribution in [0.3, 0.4) is 0 Å². The number of aliphatic hydroxyl groups is 2. The lowest BCUT2D eigenvalue weighted by Crippen LogP contribution is -2.09. The Bertz CT molecular complexity index is 536. The van der Waals surface area contributed by atoms with Crippen LogP contribution >= 0.6 is 0 Å². The van der Waals surface area contributed by atoms with E-state index >= 15 is 0 Å². The van der Waals surface area contributed by atoms with Crippen molar-refractivity contribution in [2.24, 2.45) is 0 Å². The highest BCUT2D eigenvalue weighted by atomic mass is 16.3. The van der Waals surface area contributed by atoms with Gasteiger partial charge in [0.05, 0.1) is 13.2 Å². The highest BCUT2D eigenvalue weighted by molar-refractivity contribution is 5.48. The molecule has 18 heavy (non-hydrogen) atoms. The summed E-state index contributed by atoms with van der Waals surface area (Å²) in [7, 11) is 0. The average molecular weight is 240 g/mol. The number of benzene rings is 2. The Balaban J connectivity index is 2.07. The molecule has 0 spiro atoms. The molecule has 2 aromatic rings. The number of fused-ring (bicyclic) bond motifs is 2. The Hall–Kier alpha value is -1.64. The standard InChI is InChI=1S/C16H16O2/c17-9-15-7-13-5-11-3-1-2-4-12(11)6-14(13)8-16(15)10-18/h1-4,7-8,17-18H,5-6,9-10H2. The summed E-state index contributed by atoms with van der Waals surface area (Å²) >= 11 is 0. The number of hydrogen-bond donors (Lipinski definition) is 2. The second-order valence-electron chi connectivity index (χ2n) is 4.83. The molecule has 0 unspecified atom stereocenters. The smallest absolute Gasteiger partial charge is 0.0685 e. The van der Waals surface area contributed by atoms with E-state index in [-0.39, 0.29) is 13.2 Å². The second-order valence-corrected chi connectivity index (χ2v) is 4.83. The molecule has 1 aliphatic carbocycles. The Morgan fingerprint density at radius 2 is 1.17 bits per heavy atom. The summed E-state index contributed by atoms with van der Waals surface area (Å²) in [5.41, 5.74) is 6.97. The maximum atomic E-state index is 9.34. The second kappa shape index (κ2) is 4.56. The molecular weight excluding hydrogens is 224 g/mol. The summed E-state index contributed by atoms with van der Waals surface area (Å²) in [4.78, 5) is 0. The minimum Gasteiger partial charge on any atom is -0.392 e. The van der Waals surface area contributed by atoms with Crippen LogP contribution in [0.2, 0.25) is 0 Å². The molecule has 0 heterocycles. The van der Waals surface area contributed by atoms with E-state index in [0.717, 1.165) is 24.0 Å². The zero-order chi connectivity index (χ0) is 12.5. The average Bonchev–Trinajstić information content (AvgIpc) is 2.43. The lowest BCUT2D eigenvalue weighted by Gasteiger charge is -2.21. The normalized spacial score (nSPS) is 13.0. The van der Waals surface area contributed by atoms with E-state index in [1.165, 1.54) is 22.3 Å². The van der Waals surface area contributed by atoms with E-state index in [9.17, 15) is 10.2 Å². The summed E-state index contributed by atoms with van der Waals surface area (Å²) in [5, 5.41) is 18.7. The predicted molar refractivity (Wildman–Crippen MR) is 70.3 cm³/mol. The molecule has 0 radical (unpaired) electrons. The summed E-state index contributed by atoms with van der Waals surface area (Å²) in [6.45, 7) is -0.0182. The van der Waals surface area contributed by atoms with Gasteiger partial charge in [-0.15, -0.1) is 0 Å². The van der Waals surface area contributed by atoms with Crippen LogP contribution in [0.15, 0.2) is 36.4 Å². The van der Waals surface area contributed by atoms with Gasteiger partial charge < -0.3 is 10.2 Å². The first-order valence-corrected chi connectivity index (χ1v) is 6.24. The minimum absolute atomic E-state index is 0.00911. The Morgan fingerprint density at radius 3 is 1.56 bits per heavy atom. The van der Waals surface area contributed by atoms with Crippen molar-refractivity contribution in [1.82, 2.24) is 0 Å². The highest BCUT2D eigenvalue weighted by Crippen LogP contribution is 2.29. The monoisotopic (exact) mass is 240 g/mol. The summed E-state index contributed by atoms with van der Waals surface area (Å²) in [6, 6.07) is 12.5. The molecular formula is C16H16O2. The zero-order valence-electron chi connectivity index (χ0n) is 10.2. The maximum Gasteiger partial charge on any atom is 0.0685 e. The molecule has 3 rings (SSSR count). The maximum absolute atomic E-state index is 9.34. The SMILES string of the molecule is OCc1cc2c(cc1CO)Cc1ccccc1C2. The highest BCUT2D eigenvalue weighted by Gasteiger charge is 2.16. The van der Waals surface area contributed by atoms with Crippen molar-refractivity contribution in [1.29, 1.82) is 0 Å². The Kier molecular flexibility index (Phi) is 2.90. The minimum atomic E-state index is -0.00911. The molecule has 2 aromatic carbocycles. The van der Waals surface area contributed by atoms with Gasteiger partial charge in [0.25, 0.3) is 0 Å². The Labute approximate surface area is 107 Å². The summed E-state index contributed by atoms with van der Waals surface area (Å²) < 4.78 is 0. The number of aliphatic hydroxyl groups excluding tert-OH is 2. The third-order valence-corrected chi connectivity index (χ3v) is 3.74. The molecule has 0 saturated carbocycles. The molecule has 1 aliphatic rings. The van der Waals surface area contributed by atoms with Crippen LogP contribution in [0.5, 0.6) is 0 Å². The van der Waals surface area contributed by atoms with Gasteiger partial charge in [0, 0.05) is 0 Å². The van der Waals surface area contributed by atoms with Crippen molar-refractivity contribution in [3.8, 4) is 0 Å². The van der Waals surface area contributed by atoms with E-state index in [4.69, 9.17) is 0 Å². The van der Waals surface area contributed by atoms with Crippen LogP contribution in [-0.4, -0.2) is 10.2 Å². The van der Waals surface area contributed by atoms with Crippen molar-refractivity contribution in [2.75, 3.05) is 0 Å². The van der Waals surface area contributed by atoms with E-state index in [0.29, 0.717) is 0 Å². The van der Waals surface area contributed by atoms with Crippen LogP contribution in [0.25, 0.3) is 0 Å². The van der Waals surface area contributed by atoms with Gasteiger partial charge in [-0.1, -0.05) is 36.4 Å². The molecule has 92 valence electrons. The number of hydrogen-bond acceptors (Lipinski definition) is 2. The Morgan fingerprint density at radius 1 is 0.722 bits per heavy atom. The molecule has 0 bridgehead atoms. The topological polar surface area (TPSA) is 40.5 Å². The van der Waals surface area contributed by atoms with Gasteiger partial charge in [-0.05, 0) is 46.2 Å². The van der Waals surface area contributed by atoms with E-state index < -0.39 is 0 Å². The van der Waals surface area contributed by atoms with Crippen molar-refractivity contribution < 1.29 is 10.2 Å². The van der Waals surface area contributed by atoms with Crippen molar-refractivity contribution >= 4 is 0 Å². The lowest BCUT2D eigenvalue weighted by molar-refractivity contribution is 0.260. The van der Waals surface area contributed by atoms with Gasteiger partial charge in [-0.25, -0.2) is 0 Å².